The van der Waals surface area contributed by atoms with Crippen LogP contribution in [0.4, 0.5) is 4.39 Å². The van der Waals surface area contributed by atoms with Gasteiger partial charge in [0, 0.05) is 24.2 Å². The third kappa shape index (κ3) is 6.03. The SMILES string of the molecule is CCOc1cc(CNCc2ccccc2OC)cc(Cl)c1OCc1c(F)cccc1Cl. The molecule has 3 aromatic carbocycles. The molecule has 0 radical (unpaired) electrons. The Morgan fingerprint density at radius 1 is 0.903 bits per heavy atom. The van der Waals surface area contributed by atoms with E-state index in [-0.39, 0.29) is 12.2 Å². The average Bonchev–Trinajstić information content (AvgIpc) is 2.75. The minimum atomic E-state index is -0.432. The van der Waals surface area contributed by atoms with Crippen LogP contribution >= 0.6 is 23.2 Å². The first-order valence-corrected chi connectivity index (χ1v) is 10.6. The van der Waals surface area contributed by atoms with Crippen LogP contribution in [0.25, 0.3) is 0 Å². The average molecular weight is 464 g/mol. The Labute approximate surface area is 191 Å². The van der Waals surface area contributed by atoms with Crippen LogP contribution in [0.5, 0.6) is 17.2 Å². The molecule has 31 heavy (non-hydrogen) atoms. The maximum Gasteiger partial charge on any atom is 0.180 e. The molecule has 3 rings (SSSR count). The zero-order chi connectivity index (χ0) is 22.2. The summed E-state index contributed by atoms with van der Waals surface area (Å²) in [4.78, 5) is 0. The van der Waals surface area contributed by atoms with Gasteiger partial charge in [-0.2, -0.15) is 0 Å². The van der Waals surface area contributed by atoms with Crippen LogP contribution < -0.4 is 19.5 Å². The van der Waals surface area contributed by atoms with Crippen LogP contribution in [0.15, 0.2) is 54.6 Å². The summed E-state index contributed by atoms with van der Waals surface area (Å²) in [6, 6.07) is 16.0. The fourth-order valence-corrected chi connectivity index (χ4v) is 3.64. The molecular weight excluding hydrogens is 440 g/mol. The van der Waals surface area contributed by atoms with Crippen molar-refractivity contribution in [3.05, 3.63) is 87.2 Å². The Bertz CT molecular complexity index is 1010. The summed E-state index contributed by atoms with van der Waals surface area (Å²) < 4.78 is 31.0. The van der Waals surface area contributed by atoms with E-state index < -0.39 is 5.82 Å². The summed E-state index contributed by atoms with van der Waals surface area (Å²) in [6.07, 6.45) is 0. The zero-order valence-corrected chi connectivity index (χ0v) is 18.9. The van der Waals surface area contributed by atoms with E-state index in [1.807, 2.05) is 37.3 Å². The summed E-state index contributed by atoms with van der Waals surface area (Å²) in [5.41, 5.74) is 2.26. The summed E-state index contributed by atoms with van der Waals surface area (Å²) in [6.45, 7) is 3.45. The first kappa shape index (κ1) is 23.2. The van der Waals surface area contributed by atoms with E-state index in [1.165, 1.54) is 6.07 Å². The van der Waals surface area contributed by atoms with Crippen molar-refractivity contribution in [2.45, 2.75) is 26.6 Å². The van der Waals surface area contributed by atoms with Gasteiger partial charge in [0.25, 0.3) is 0 Å². The number of halogens is 3. The van der Waals surface area contributed by atoms with Gasteiger partial charge < -0.3 is 19.5 Å². The minimum Gasteiger partial charge on any atom is -0.496 e. The first-order valence-electron chi connectivity index (χ1n) is 9.87. The molecule has 0 bridgehead atoms. The maximum absolute atomic E-state index is 14.1. The number of para-hydroxylation sites is 1. The molecule has 1 N–H and O–H groups in total. The molecule has 0 aliphatic carbocycles. The number of nitrogens with one attached hydrogen (secondary N) is 1. The summed E-state index contributed by atoms with van der Waals surface area (Å²) in [7, 11) is 1.65. The molecule has 0 saturated heterocycles. The van der Waals surface area contributed by atoms with Crippen LogP contribution in [0, 0.1) is 5.82 Å². The molecular formula is C24H24Cl2FNO3. The van der Waals surface area contributed by atoms with Crippen LogP contribution in [0.2, 0.25) is 10.0 Å². The molecule has 3 aromatic rings. The second-order valence-corrected chi connectivity index (χ2v) is 7.56. The van der Waals surface area contributed by atoms with E-state index in [1.54, 1.807) is 25.3 Å². The van der Waals surface area contributed by atoms with E-state index in [9.17, 15) is 4.39 Å². The number of ether oxygens (including phenoxy) is 3. The van der Waals surface area contributed by atoms with Crippen molar-refractivity contribution < 1.29 is 18.6 Å². The summed E-state index contributed by atoms with van der Waals surface area (Å²) in [5, 5.41) is 4.06. The fourth-order valence-electron chi connectivity index (χ4n) is 3.13. The fraction of sp³-hybridized carbons (Fsp3) is 0.250. The van der Waals surface area contributed by atoms with Gasteiger partial charge in [0.05, 0.1) is 23.8 Å². The van der Waals surface area contributed by atoms with Gasteiger partial charge in [0.1, 0.15) is 18.2 Å². The second-order valence-electron chi connectivity index (χ2n) is 6.74. The second kappa shape index (κ2) is 11.2. The van der Waals surface area contributed by atoms with Gasteiger partial charge >= 0.3 is 0 Å². The lowest BCUT2D eigenvalue weighted by molar-refractivity contribution is 0.266. The van der Waals surface area contributed by atoms with Crippen LogP contribution in [0.3, 0.4) is 0 Å². The van der Waals surface area contributed by atoms with Gasteiger partial charge in [0.15, 0.2) is 11.5 Å². The molecule has 0 unspecified atom stereocenters. The van der Waals surface area contributed by atoms with Crippen molar-refractivity contribution in [3.63, 3.8) is 0 Å². The number of methoxy groups -OCH3 is 1. The number of rotatable bonds is 10. The number of benzene rings is 3. The van der Waals surface area contributed by atoms with E-state index in [4.69, 9.17) is 37.4 Å². The molecule has 0 aromatic heterocycles. The normalized spacial score (nSPS) is 10.7. The van der Waals surface area contributed by atoms with Gasteiger partial charge in [0.2, 0.25) is 0 Å². The van der Waals surface area contributed by atoms with Crippen molar-refractivity contribution in [1.29, 1.82) is 0 Å². The molecule has 0 aliphatic heterocycles. The molecule has 0 aliphatic rings. The van der Waals surface area contributed by atoms with Crippen LogP contribution in [-0.2, 0) is 19.7 Å². The number of hydrogen-bond acceptors (Lipinski definition) is 4. The molecule has 4 nitrogen and oxygen atoms in total. The third-order valence-electron chi connectivity index (χ3n) is 4.63. The Morgan fingerprint density at radius 3 is 2.45 bits per heavy atom. The Balaban J connectivity index is 1.72. The Kier molecular flexibility index (Phi) is 8.41. The van der Waals surface area contributed by atoms with Gasteiger partial charge in [-0.3, -0.25) is 0 Å². The zero-order valence-electron chi connectivity index (χ0n) is 17.4. The predicted molar refractivity (Wildman–Crippen MR) is 122 cm³/mol. The molecule has 164 valence electrons. The number of hydrogen-bond donors (Lipinski definition) is 1. The molecule has 7 heteroatoms. The van der Waals surface area contributed by atoms with Crippen molar-refractivity contribution in [2.75, 3.05) is 13.7 Å². The Morgan fingerprint density at radius 2 is 1.71 bits per heavy atom. The summed E-state index contributed by atoms with van der Waals surface area (Å²) >= 11 is 12.6. The van der Waals surface area contributed by atoms with E-state index >= 15 is 0 Å². The van der Waals surface area contributed by atoms with E-state index in [0.29, 0.717) is 41.2 Å². The molecule has 0 spiro atoms. The first-order chi connectivity index (χ1) is 15.0. The van der Waals surface area contributed by atoms with Gasteiger partial charge in [-0.25, -0.2) is 4.39 Å². The third-order valence-corrected chi connectivity index (χ3v) is 5.26. The molecule has 0 heterocycles. The quantitative estimate of drug-likeness (QED) is 0.377. The molecule has 0 fully saturated rings. The summed E-state index contributed by atoms with van der Waals surface area (Å²) in [5.74, 6) is 1.25. The van der Waals surface area contributed by atoms with Gasteiger partial charge in [-0.05, 0) is 42.8 Å². The minimum absolute atomic E-state index is 0.0588. The highest BCUT2D eigenvalue weighted by Gasteiger charge is 2.15. The predicted octanol–water partition coefficient (Wildman–Crippen LogP) is 6.41. The lowest BCUT2D eigenvalue weighted by atomic mass is 10.1. The van der Waals surface area contributed by atoms with E-state index in [2.05, 4.69) is 5.32 Å². The van der Waals surface area contributed by atoms with Crippen molar-refractivity contribution in [1.82, 2.24) is 5.32 Å². The Hall–Kier alpha value is -2.47. The van der Waals surface area contributed by atoms with Crippen molar-refractivity contribution in [2.24, 2.45) is 0 Å². The molecule has 0 atom stereocenters. The smallest absolute Gasteiger partial charge is 0.180 e. The van der Waals surface area contributed by atoms with Crippen molar-refractivity contribution in [3.8, 4) is 17.2 Å². The standard InChI is InChI=1S/C24H24Cl2FNO3/c1-3-30-23-12-16(13-28-14-17-7-4-5-10-22(17)29-2)11-20(26)24(23)31-15-18-19(25)8-6-9-21(18)27/h4-12,28H,3,13-15H2,1-2H3. The van der Waals surface area contributed by atoms with Crippen LogP contribution in [-0.4, -0.2) is 13.7 Å². The van der Waals surface area contributed by atoms with E-state index in [0.717, 1.165) is 16.9 Å². The topological polar surface area (TPSA) is 39.7 Å². The highest BCUT2D eigenvalue weighted by Crippen LogP contribution is 2.38. The highest BCUT2D eigenvalue weighted by molar-refractivity contribution is 6.32. The highest BCUT2D eigenvalue weighted by atomic mass is 35.5. The lowest BCUT2D eigenvalue weighted by Crippen LogP contribution is -2.13. The van der Waals surface area contributed by atoms with Crippen molar-refractivity contribution >= 4 is 23.2 Å². The van der Waals surface area contributed by atoms with Gasteiger partial charge in [-0.1, -0.05) is 47.5 Å². The monoisotopic (exact) mass is 463 g/mol. The maximum atomic E-state index is 14.1. The molecule has 0 amide bonds. The molecule has 0 saturated carbocycles. The van der Waals surface area contributed by atoms with Crippen LogP contribution in [0.1, 0.15) is 23.6 Å². The largest absolute Gasteiger partial charge is 0.496 e. The van der Waals surface area contributed by atoms with Gasteiger partial charge in [-0.15, -0.1) is 0 Å². The lowest BCUT2D eigenvalue weighted by Gasteiger charge is -2.16.